The molecule has 8 heteroatoms. The van der Waals surface area contributed by atoms with Crippen LogP contribution in [0.3, 0.4) is 0 Å². The Kier molecular flexibility index (Phi) is 3.63. The van der Waals surface area contributed by atoms with E-state index in [9.17, 15) is 16.8 Å². The zero-order valence-corrected chi connectivity index (χ0v) is 8.52. The Morgan fingerprint density at radius 3 is 1.75 bits per heavy atom. The van der Waals surface area contributed by atoms with Gasteiger partial charge in [-0.05, 0) is 0 Å². The number of primary sulfonamides is 1. The Morgan fingerprint density at radius 2 is 1.50 bits per heavy atom. The summed E-state index contributed by atoms with van der Waals surface area (Å²) in [6.45, 7) is 0. The number of nitrogens with zero attached hydrogens (tertiary/aromatic N) is 1. The van der Waals surface area contributed by atoms with E-state index in [2.05, 4.69) is 5.14 Å². The molecule has 0 fully saturated rings. The smallest absolute Gasteiger partial charge is 0.214 e. The third kappa shape index (κ3) is 4.65. The predicted octanol–water partition coefficient (Wildman–Crippen LogP) is -1.83. The lowest BCUT2D eigenvalue weighted by atomic mass is 11.0. The van der Waals surface area contributed by atoms with Crippen molar-refractivity contribution in [3.8, 4) is 0 Å². The molecule has 0 spiro atoms. The number of rotatable bonds is 4. The molecule has 0 unspecified atom stereocenters. The van der Waals surface area contributed by atoms with E-state index in [0.29, 0.717) is 0 Å². The highest BCUT2D eigenvalue weighted by atomic mass is 32.2. The van der Waals surface area contributed by atoms with Crippen LogP contribution in [0.1, 0.15) is 0 Å². The molecule has 0 saturated heterocycles. The highest BCUT2D eigenvalue weighted by molar-refractivity contribution is 7.92. The largest absolute Gasteiger partial charge is 0.229 e. The molecule has 0 bridgehead atoms. The van der Waals surface area contributed by atoms with Crippen molar-refractivity contribution < 1.29 is 16.8 Å². The van der Waals surface area contributed by atoms with Crippen LogP contribution >= 0.6 is 0 Å². The molecule has 0 amide bonds. The van der Waals surface area contributed by atoms with E-state index in [-0.39, 0.29) is 0 Å². The lowest BCUT2D eigenvalue weighted by Gasteiger charge is -2.09. The SMILES string of the molecule is CN(C)S(=O)(=O)CCS(N)(=O)=O. The molecule has 0 saturated carbocycles. The van der Waals surface area contributed by atoms with E-state index >= 15 is 0 Å². The average molecular weight is 216 g/mol. The number of sulfonamides is 2. The van der Waals surface area contributed by atoms with Gasteiger partial charge in [-0.25, -0.2) is 26.3 Å². The first kappa shape index (κ1) is 11.8. The second kappa shape index (κ2) is 3.69. The zero-order chi connectivity index (χ0) is 9.99. The molecule has 0 radical (unpaired) electrons. The van der Waals surface area contributed by atoms with Crippen LogP contribution < -0.4 is 5.14 Å². The van der Waals surface area contributed by atoms with Crippen LogP contribution in [0.2, 0.25) is 0 Å². The molecule has 6 nitrogen and oxygen atoms in total. The summed E-state index contributed by atoms with van der Waals surface area (Å²) in [6, 6.07) is 0. The molecule has 2 N–H and O–H groups in total. The second-order valence-corrected chi connectivity index (χ2v) is 6.50. The minimum atomic E-state index is -3.70. The first-order valence-electron chi connectivity index (χ1n) is 3.06. The Hall–Kier alpha value is -0.180. The summed E-state index contributed by atoms with van der Waals surface area (Å²) in [7, 11) is -4.49. The van der Waals surface area contributed by atoms with Gasteiger partial charge in [0, 0.05) is 14.1 Å². The van der Waals surface area contributed by atoms with Crippen molar-refractivity contribution in [2.24, 2.45) is 5.14 Å². The van der Waals surface area contributed by atoms with Crippen LogP contribution in [0.15, 0.2) is 0 Å². The van der Waals surface area contributed by atoms with E-state index in [1.807, 2.05) is 0 Å². The third-order valence-electron chi connectivity index (χ3n) is 1.18. The quantitative estimate of drug-likeness (QED) is 0.597. The molecule has 0 aliphatic rings. The maximum Gasteiger partial charge on any atom is 0.214 e. The average Bonchev–Trinajstić information content (AvgIpc) is 1.82. The zero-order valence-electron chi connectivity index (χ0n) is 6.89. The Morgan fingerprint density at radius 1 is 1.08 bits per heavy atom. The molecule has 0 aromatic carbocycles. The fourth-order valence-corrected chi connectivity index (χ4v) is 2.54. The van der Waals surface area contributed by atoms with E-state index in [4.69, 9.17) is 0 Å². The summed E-state index contributed by atoms with van der Waals surface area (Å²) in [5, 5.41) is 4.63. The molecule has 0 aliphatic heterocycles. The van der Waals surface area contributed by atoms with Gasteiger partial charge in [0.2, 0.25) is 20.0 Å². The molecule has 0 aliphatic carbocycles. The predicted molar refractivity (Wildman–Crippen MR) is 45.4 cm³/mol. The fourth-order valence-electron chi connectivity index (χ4n) is 0.404. The van der Waals surface area contributed by atoms with Crippen LogP contribution in [0.4, 0.5) is 0 Å². The molecule has 0 atom stereocenters. The second-order valence-electron chi connectivity index (χ2n) is 2.47. The summed E-state index contributed by atoms with van der Waals surface area (Å²) in [5.41, 5.74) is 0. The van der Waals surface area contributed by atoms with Gasteiger partial charge in [0.15, 0.2) is 0 Å². The molecule has 0 aromatic rings. The summed E-state index contributed by atoms with van der Waals surface area (Å²) < 4.78 is 43.7. The molecular weight excluding hydrogens is 204 g/mol. The van der Waals surface area contributed by atoms with E-state index in [0.717, 1.165) is 4.31 Å². The van der Waals surface area contributed by atoms with Gasteiger partial charge >= 0.3 is 0 Å². The molecular formula is C4H12N2O4S2. The van der Waals surface area contributed by atoms with Gasteiger partial charge < -0.3 is 0 Å². The molecule has 0 heterocycles. The maximum absolute atomic E-state index is 11.0. The van der Waals surface area contributed by atoms with Gasteiger partial charge in [-0.3, -0.25) is 0 Å². The summed E-state index contributed by atoms with van der Waals surface area (Å²) in [5.74, 6) is -1.02. The molecule has 12 heavy (non-hydrogen) atoms. The lowest BCUT2D eigenvalue weighted by Crippen LogP contribution is -2.30. The number of nitrogens with two attached hydrogens (primary N) is 1. The van der Waals surface area contributed by atoms with E-state index in [1.54, 1.807) is 0 Å². The van der Waals surface area contributed by atoms with E-state index < -0.39 is 31.6 Å². The first-order valence-corrected chi connectivity index (χ1v) is 6.38. The van der Waals surface area contributed by atoms with Crippen molar-refractivity contribution in [1.82, 2.24) is 4.31 Å². The van der Waals surface area contributed by atoms with Crippen LogP contribution in [-0.4, -0.2) is 46.7 Å². The van der Waals surface area contributed by atoms with Crippen LogP contribution in [0.5, 0.6) is 0 Å². The van der Waals surface area contributed by atoms with Gasteiger partial charge in [0.25, 0.3) is 0 Å². The van der Waals surface area contributed by atoms with Gasteiger partial charge in [-0.1, -0.05) is 0 Å². The van der Waals surface area contributed by atoms with Gasteiger partial charge in [0.05, 0.1) is 11.5 Å². The van der Waals surface area contributed by atoms with Crippen molar-refractivity contribution in [2.45, 2.75) is 0 Å². The highest BCUT2D eigenvalue weighted by Gasteiger charge is 2.16. The highest BCUT2D eigenvalue weighted by Crippen LogP contribution is 1.94. The normalized spacial score (nSPS) is 13.7. The van der Waals surface area contributed by atoms with Crippen molar-refractivity contribution in [3.05, 3.63) is 0 Å². The van der Waals surface area contributed by atoms with Crippen LogP contribution in [0.25, 0.3) is 0 Å². The minimum Gasteiger partial charge on any atom is -0.229 e. The standard InChI is InChI=1S/C4H12N2O4S2/c1-6(2)12(9,10)4-3-11(5,7)8/h3-4H2,1-2H3,(H2,5,7,8). The van der Waals surface area contributed by atoms with Gasteiger partial charge in [-0.15, -0.1) is 0 Å². The Bertz CT molecular complexity index is 328. The van der Waals surface area contributed by atoms with Crippen LogP contribution in [0, 0.1) is 0 Å². The summed E-state index contributed by atoms with van der Waals surface area (Å²) in [4.78, 5) is 0. The lowest BCUT2D eigenvalue weighted by molar-refractivity contribution is 0.521. The monoisotopic (exact) mass is 216 g/mol. The summed E-state index contributed by atoms with van der Waals surface area (Å²) >= 11 is 0. The van der Waals surface area contributed by atoms with Crippen molar-refractivity contribution in [2.75, 3.05) is 25.6 Å². The Balaban J connectivity index is 4.32. The minimum absolute atomic E-state index is 0.473. The topological polar surface area (TPSA) is 97.5 Å². The first-order chi connectivity index (χ1) is 5.15. The molecule has 0 rings (SSSR count). The Labute approximate surface area is 72.5 Å². The third-order valence-corrected chi connectivity index (χ3v) is 4.05. The number of hydrogen-bond acceptors (Lipinski definition) is 4. The fraction of sp³-hybridized carbons (Fsp3) is 1.00. The number of hydrogen-bond donors (Lipinski definition) is 1. The molecule has 0 aromatic heterocycles. The maximum atomic E-state index is 11.0. The van der Waals surface area contributed by atoms with Crippen molar-refractivity contribution in [1.29, 1.82) is 0 Å². The van der Waals surface area contributed by atoms with Crippen molar-refractivity contribution in [3.63, 3.8) is 0 Å². The van der Waals surface area contributed by atoms with Crippen molar-refractivity contribution >= 4 is 20.0 Å². The van der Waals surface area contributed by atoms with Crippen LogP contribution in [-0.2, 0) is 20.0 Å². The van der Waals surface area contributed by atoms with Gasteiger partial charge in [0.1, 0.15) is 0 Å². The summed E-state index contributed by atoms with van der Waals surface area (Å²) in [6.07, 6.45) is 0. The molecule has 74 valence electrons. The van der Waals surface area contributed by atoms with Gasteiger partial charge in [-0.2, -0.15) is 0 Å². The van der Waals surface area contributed by atoms with E-state index in [1.165, 1.54) is 14.1 Å².